The molecule has 2 rings (SSSR count). The van der Waals surface area contributed by atoms with E-state index in [4.69, 9.17) is 9.47 Å². The molecule has 1 aliphatic rings. The van der Waals surface area contributed by atoms with E-state index >= 15 is 0 Å². The van der Waals surface area contributed by atoms with Crippen LogP contribution in [0, 0.1) is 0 Å². The maximum atomic E-state index is 12.8. The topological polar surface area (TPSA) is 55.8 Å². The Morgan fingerprint density at radius 1 is 1.12 bits per heavy atom. The zero-order chi connectivity index (χ0) is 17.6. The van der Waals surface area contributed by atoms with Gasteiger partial charge in [0.2, 0.25) is 0 Å². The molecule has 0 heterocycles. The number of benzene rings is 1. The molecule has 132 valence electrons. The van der Waals surface area contributed by atoms with Crippen LogP contribution in [0.4, 0.5) is 4.79 Å². The van der Waals surface area contributed by atoms with Gasteiger partial charge in [0.1, 0.15) is 12.1 Å². The van der Waals surface area contributed by atoms with Crippen LogP contribution in [0.15, 0.2) is 30.3 Å². The van der Waals surface area contributed by atoms with E-state index in [-0.39, 0.29) is 12.6 Å². The van der Waals surface area contributed by atoms with Gasteiger partial charge in [0.25, 0.3) is 0 Å². The molecule has 5 heteroatoms. The number of carbonyl (C=O) groups excluding carboxylic acids is 2. The highest BCUT2D eigenvalue weighted by Crippen LogP contribution is 2.30. The zero-order valence-corrected chi connectivity index (χ0v) is 14.8. The van der Waals surface area contributed by atoms with Gasteiger partial charge in [0.05, 0.1) is 7.11 Å². The predicted octanol–water partition coefficient (Wildman–Crippen LogP) is 3.91. The fraction of sp³-hybridized carbons (Fsp3) is 0.579. The van der Waals surface area contributed by atoms with E-state index < -0.39 is 17.6 Å². The second kappa shape index (κ2) is 8.18. The van der Waals surface area contributed by atoms with Crippen molar-refractivity contribution in [1.82, 2.24) is 4.90 Å². The fourth-order valence-electron chi connectivity index (χ4n) is 3.31. The monoisotopic (exact) mass is 333 g/mol. The minimum atomic E-state index is -1.05. The molecule has 5 nitrogen and oxygen atoms in total. The van der Waals surface area contributed by atoms with Gasteiger partial charge in [-0.25, -0.2) is 9.59 Å². The lowest BCUT2D eigenvalue weighted by atomic mass is 9.90. The molecule has 0 aliphatic heterocycles. The van der Waals surface area contributed by atoms with Gasteiger partial charge < -0.3 is 9.47 Å². The molecule has 0 radical (unpaired) electrons. The number of esters is 1. The number of nitrogens with zero attached hydrogens (tertiary/aromatic N) is 1. The molecule has 0 N–H and O–H groups in total. The average Bonchev–Trinajstić information content (AvgIpc) is 2.61. The highest BCUT2D eigenvalue weighted by atomic mass is 16.6. The molecule has 1 aliphatic carbocycles. The van der Waals surface area contributed by atoms with Gasteiger partial charge in [-0.3, -0.25) is 4.90 Å². The summed E-state index contributed by atoms with van der Waals surface area (Å²) in [6.45, 7) is 3.63. The Hall–Kier alpha value is -2.04. The summed E-state index contributed by atoms with van der Waals surface area (Å²) in [4.78, 5) is 26.6. The third-order valence-corrected chi connectivity index (χ3v) is 4.63. The average molecular weight is 333 g/mol. The molecule has 24 heavy (non-hydrogen) atoms. The highest BCUT2D eigenvalue weighted by molar-refractivity contribution is 5.85. The number of methoxy groups -OCH3 is 1. The largest absolute Gasteiger partial charge is 0.467 e. The first-order chi connectivity index (χ1) is 11.5. The van der Waals surface area contributed by atoms with Crippen molar-refractivity contribution in [2.45, 2.75) is 64.1 Å². The van der Waals surface area contributed by atoms with Gasteiger partial charge in [-0.2, -0.15) is 0 Å². The summed E-state index contributed by atoms with van der Waals surface area (Å²) in [7, 11) is 1.35. The number of carbonyl (C=O) groups is 2. The first kappa shape index (κ1) is 18.3. The number of amides is 1. The van der Waals surface area contributed by atoms with Crippen molar-refractivity contribution in [2.24, 2.45) is 0 Å². The fourth-order valence-corrected chi connectivity index (χ4v) is 3.31. The van der Waals surface area contributed by atoms with Crippen molar-refractivity contribution in [3.05, 3.63) is 35.9 Å². The second-order valence-corrected chi connectivity index (χ2v) is 6.75. The molecule has 0 bridgehead atoms. The Balaban J connectivity index is 2.14. The summed E-state index contributed by atoms with van der Waals surface area (Å²) in [6.07, 6.45) is 4.61. The molecule has 0 unspecified atom stereocenters. The van der Waals surface area contributed by atoms with Gasteiger partial charge >= 0.3 is 12.1 Å². The Bertz CT molecular complexity index is 550. The molecular weight excluding hydrogens is 306 g/mol. The summed E-state index contributed by atoms with van der Waals surface area (Å²) in [5.74, 6) is -0.426. The van der Waals surface area contributed by atoms with Crippen LogP contribution in [0.3, 0.4) is 0 Å². The molecule has 0 aromatic heterocycles. The van der Waals surface area contributed by atoms with E-state index in [2.05, 4.69) is 0 Å². The summed E-state index contributed by atoms with van der Waals surface area (Å²) in [6, 6.07) is 9.55. The van der Waals surface area contributed by atoms with Crippen molar-refractivity contribution in [1.29, 1.82) is 0 Å². The molecule has 0 saturated heterocycles. The van der Waals surface area contributed by atoms with Crippen LogP contribution in [0.1, 0.15) is 51.5 Å². The molecule has 1 amide bonds. The summed E-state index contributed by atoms with van der Waals surface area (Å²) in [5.41, 5.74) is -0.129. The van der Waals surface area contributed by atoms with E-state index in [1.807, 2.05) is 30.3 Å². The standard InChI is InChI=1S/C19H27NO4/c1-19(2,17(21)23-3)20(16-12-8-5-9-13-16)18(22)24-14-15-10-6-4-7-11-15/h4,6-7,10-11,16H,5,8-9,12-14H2,1-3H3. The predicted molar refractivity (Wildman–Crippen MR) is 91.4 cm³/mol. The van der Waals surface area contributed by atoms with Crippen LogP contribution in [0.25, 0.3) is 0 Å². The maximum Gasteiger partial charge on any atom is 0.411 e. The third kappa shape index (κ3) is 4.28. The molecule has 1 fully saturated rings. The van der Waals surface area contributed by atoms with Crippen molar-refractivity contribution < 1.29 is 19.1 Å². The van der Waals surface area contributed by atoms with Gasteiger partial charge in [-0.15, -0.1) is 0 Å². The van der Waals surface area contributed by atoms with Crippen molar-refractivity contribution >= 4 is 12.1 Å². The number of rotatable bonds is 5. The Morgan fingerprint density at radius 2 is 1.75 bits per heavy atom. The van der Waals surface area contributed by atoms with Gasteiger partial charge in [-0.1, -0.05) is 49.6 Å². The molecule has 0 spiro atoms. The lowest BCUT2D eigenvalue weighted by Crippen LogP contribution is -2.58. The number of hydrogen-bond acceptors (Lipinski definition) is 4. The summed E-state index contributed by atoms with van der Waals surface area (Å²) in [5, 5.41) is 0. The van der Waals surface area contributed by atoms with Crippen LogP contribution < -0.4 is 0 Å². The van der Waals surface area contributed by atoms with Gasteiger partial charge in [0.15, 0.2) is 0 Å². The first-order valence-corrected chi connectivity index (χ1v) is 8.55. The quantitative estimate of drug-likeness (QED) is 0.767. The van der Waals surface area contributed by atoms with Gasteiger partial charge in [-0.05, 0) is 32.3 Å². The van der Waals surface area contributed by atoms with Crippen LogP contribution in [0.2, 0.25) is 0 Å². The Labute approximate surface area is 143 Å². The minimum Gasteiger partial charge on any atom is -0.467 e. The van der Waals surface area contributed by atoms with E-state index in [1.165, 1.54) is 13.5 Å². The van der Waals surface area contributed by atoms with Gasteiger partial charge in [0, 0.05) is 6.04 Å². The lowest BCUT2D eigenvalue weighted by molar-refractivity contribution is -0.154. The van der Waals surface area contributed by atoms with E-state index in [0.717, 1.165) is 31.2 Å². The highest BCUT2D eigenvalue weighted by Gasteiger charge is 2.44. The van der Waals surface area contributed by atoms with Crippen molar-refractivity contribution in [3.8, 4) is 0 Å². The molecule has 0 atom stereocenters. The van der Waals surface area contributed by atoms with Crippen LogP contribution in [0.5, 0.6) is 0 Å². The molecular formula is C19H27NO4. The smallest absolute Gasteiger partial charge is 0.411 e. The minimum absolute atomic E-state index is 0.0103. The molecule has 1 aromatic rings. The SMILES string of the molecule is COC(=O)C(C)(C)N(C(=O)OCc1ccccc1)C1CCCCC1. The number of hydrogen-bond donors (Lipinski definition) is 0. The summed E-state index contributed by atoms with van der Waals surface area (Å²) < 4.78 is 10.4. The van der Waals surface area contributed by atoms with E-state index in [0.29, 0.717) is 0 Å². The van der Waals surface area contributed by atoms with Crippen molar-refractivity contribution in [3.63, 3.8) is 0 Å². The van der Waals surface area contributed by atoms with E-state index in [9.17, 15) is 9.59 Å². The van der Waals surface area contributed by atoms with Crippen LogP contribution >= 0.6 is 0 Å². The summed E-state index contributed by atoms with van der Waals surface area (Å²) >= 11 is 0. The maximum absolute atomic E-state index is 12.8. The Morgan fingerprint density at radius 3 is 2.33 bits per heavy atom. The van der Waals surface area contributed by atoms with E-state index in [1.54, 1.807) is 18.7 Å². The second-order valence-electron chi connectivity index (χ2n) is 6.75. The number of ether oxygens (including phenoxy) is 2. The zero-order valence-electron chi connectivity index (χ0n) is 14.8. The van der Waals surface area contributed by atoms with Crippen LogP contribution in [-0.2, 0) is 20.9 Å². The molecule has 1 aromatic carbocycles. The first-order valence-electron chi connectivity index (χ1n) is 8.55. The van der Waals surface area contributed by atoms with Crippen LogP contribution in [-0.4, -0.2) is 35.7 Å². The molecule has 1 saturated carbocycles. The lowest BCUT2D eigenvalue weighted by Gasteiger charge is -2.42. The third-order valence-electron chi connectivity index (χ3n) is 4.63. The van der Waals surface area contributed by atoms with Crippen molar-refractivity contribution in [2.75, 3.05) is 7.11 Å². The Kier molecular flexibility index (Phi) is 6.23. The normalized spacial score (nSPS) is 15.6.